The minimum atomic E-state index is -0.993. The van der Waals surface area contributed by atoms with Crippen molar-refractivity contribution >= 4 is 11.6 Å². The molecule has 1 atom stereocenters. The normalized spacial score (nSPS) is 12.9. The summed E-state index contributed by atoms with van der Waals surface area (Å²) in [6, 6.07) is 4.89. The number of fused-ring (bicyclic) bond motifs is 1. The number of aryl methyl sites for hydroxylation is 2. The topological polar surface area (TPSA) is 80.6 Å². The van der Waals surface area contributed by atoms with Crippen molar-refractivity contribution in [1.29, 1.82) is 0 Å². The van der Waals surface area contributed by atoms with Gasteiger partial charge in [0.1, 0.15) is 11.7 Å². The van der Waals surface area contributed by atoms with Gasteiger partial charge in [-0.1, -0.05) is 6.07 Å². The lowest BCUT2D eigenvalue weighted by Gasteiger charge is -2.09. The van der Waals surface area contributed by atoms with Gasteiger partial charge in [0.05, 0.1) is 5.69 Å². The molecule has 0 aliphatic carbocycles. The Hall–Kier alpha value is -1.88. The summed E-state index contributed by atoms with van der Waals surface area (Å²) in [4.78, 5) is 15.2. The number of carboxylic acid groups (broad SMARTS) is 1. The van der Waals surface area contributed by atoms with Crippen LogP contribution in [0.5, 0.6) is 0 Å². The summed E-state index contributed by atoms with van der Waals surface area (Å²) in [5.74, 6) is -0.993. The summed E-state index contributed by atoms with van der Waals surface area (Å²) >= 11 is 0. The van der Waals surface area contributed by atoms with Crippen molar-refractivity contribution in [3.05, 3.63) is 35.3 Å². The van der Waals surface area contributed by atoms with Crippen LogP contribution in [-0.2, 0) is 11.2 Å². The first-order valence-electron chi connectivity index (χ1n) is 5.42. The predicted molar refractivity (Wildman–Crippen MR) is 64.0 cm³/mol. The Morgan fingerprint density at radius 2 is 2.24 bits per heavy atom. The Kier molecular flexibility index (Phi) is 2.85. The zero-order valence-corrected chi connectivity index (χ0v) is 9.84. The van der Waals surface area contributed by atoms with Crippen molar-refractivity contribution in [3.63, 3.8) is 0 Å². The van der Waals surface area contributed by atoms with Crippen molar-refractivity contribution in [2.24, 2.45) is 5.73 Å². The lowest BCUT2D eigenvalue weighted by Crippen LogP contribution is -2.33. The van der Waals surface area contributed by atoms with Gasteiger partial charge in [-0.15, -0.1) is 0 Å². The van der Waals surface area contributed by atoms with Crippen molar-refractivity contribution in [1.82, 2.24) is 9.38 Å². The number of aromatic nitrogens is 2. The molecule has 0 fully saturated rings. The van der Waals surface area contributed by atoms with E-state index in [1.165, 1.54) is 0 Å². The standard InChI is InChI=1S/C12H15N3O2/c1-7-4-3-5-11-14-8(2)10(15(7)11)6-9(13)12(16)17/h3-5,9H,6,13H2,1-2H3,(H,16,17). The molecule has 0 amide bonds. The molecular formula is C12H15N3O2. The zero-order valence-electron chi connectivity index (χ0n) is 9.84. The van der Waals surface area contributed by atoms with E-state index in [9.17, 15) is 4.79 Å². The van der Waals surface area contributed by atoms with Gasteiger partial charge in [-0.25, -0.2) is 4.98 Å². The van der Waals surface area contributed by atoms with Crippen molar-refractivity contribution < 1.29 is 9.90 Å². The van der Waals surface area contributed by atoms with E-state index in [1.807, 2.05) is 36.4 Å². The van der Waals surface area contributed by atoms with E-state index in [4.69, 9.17) is 10.8 Å². The molecule has 0 spiro atoms. The predicted octanol–water partition coefficient (Wildman–Crippen LogP) is 0.906. The molecule has 3 N–H and O–H groups in total. The first-order chi connectivity index (χ1) is 8.00. The lowest BCUT2D eigenvalue weighted by atomic mass is 10.1. The molecule has 5 nitrogen and oxygen atoms in total. The minimum Gasteiger partial charge on any atom is -0.480 e. The molecule has 90 valence electrons. The molecule has 2 rings (SSSR count). The summed E-state index contributed by atoms with van der Waals surface area (Å²) in [5, 5.41) is 8.86. The number of imidazole rings is 1. The Morgan fingerprint density at radius 3 is 2.88 bits per heavy atom. The van der Waals surface area contributed by atoms with E-state index in [-0.39, 0.29) is 6.42 Å². The summed E-state index contributed by atoms with van der Waals surface area (Å²) in [7, 11) is 0. The van der Waals surface area contributed by atoms with E-state index >= 15 is 0 Å². The second-order valence-electron chi connectivity index (χ2n) is 4.15. The van der Waals surface area contributed by atoms with Gasteiger partial charge < -0.3 is 15.2 Å². The number of hydrogen-bond acceptors (Lipinski definition) is 3. The van der Waals surface area contributed by atoms with E-state index in [1.54, 1.807) is 0 Å². The highest BCUT2D eigenvalue weighted by molar-refractivity contribution is 5.73. The molecule has 0 aromatic carbocycles. The van der Waals surface area contributed by atoms with Crippen LogP contribution in [0.15, 0.2) is 18.2 Å². The van der Waals surface area contributed by atoms with E-state index in [0.717, 1.165) is 22.7 Å². The van der Waals surface area contributed by atoms with Crippen molar-refractivity contribution in [2.45, 2.75) is 26.3 Å². The SMILES string of the molecule is Cc1nc2cccc(C)n2c1CC(N)C(=O)O. The smallest absolute Gasteiger partial charge is 0.320 e. The van der Waals surface area contributed by atoms with Crippen LogP contribution in [-0.4, -0.2) is 26.5 Å². The molecule has 17 heavy (non-hydrogen) atoms. The van der Waals surface area contributed by atoms with Crippen LogP contribution in [0.4, 0.5) is 0 Å². The Labute approximate surface area is 98.9 Å². The number of nitrogens with two attached hydrogens (primary N) is 1. The fourth-order valence-corrected chi connectivity index (χ4v) is 1.97. The van der Waals surface area contributed by atoms with Gasteiger partial charge in [-0.2, -0.15) is 0 Å². The van der Waals surface area contributed by atoms with E-state index in [2.05, 4.69) is 4.98 Å². The average molecular weight is 233 g/mol. The Bertz CT molecular complexity index is 574. The molecule has 1 unspecified atom stereocenters. The fraction of sp³-hybridized carbons (Fsp3) is 0.333. The maximum absolute atomic E-state index is 10.8. The number of pyridine rings is 1. The van der Waals surface area contributed by atoms with Crippen LogP contribution >= 0.6 is 0 Å². The molecular weight excluding hydrogens is 218 g/mol. The molecule has 2 heterocycles. The number of rotatable bonds is 3. The molecule has 0 saturated carbocycles. The molecule has 0 radical (unpaired) electrons. The third-order valence-electron chi connectivity index (χ3n) is 2.86. The zero-order chi connectivity index (χ0) is 12.6. The number of carboxylic acids is 1. The number of carbonyl (C=O) groups is 1. The quantitative estimate of drug-likeness (QED) is 0.825. The second-order valence-corrected chi connectivity index (χ2v) is 4.15. The minimum absolute atomic E-state index is 0.285. The highest BCUT2D eigenvalue weighted by Crippen LogP contribution is 2.16. The monoisotopic (exact) mass is 233 g/mol. The third kappa shape index (κ3) is 2.01. The van der Waals surface area contributed by atoms with E-state index in [0.29, 0.717) is 0 Å². The first-order valence-corrected chi connectivity index (χ1v) is 5.42. The largest absolute Gasteiger partial charge is 0.480 e. The average Bonchev–Trinajstić information content (AvgIpc) is 2.56. The number of nitrogens with zero attached hydrogens (tertiary/aromatic N) is 2. The van der Waals surface area contributed by atoms with E-state index < -0.39 is 12.0 Å². The number of aliphatic carboxylic acids is 1. The highest BCUT2D eigenvalue weighted by atomic mass is 16.4. The third-order valence-corrected chi connectivity index (χ3v) is 2.86. The van der Waals surface area contributed by atoms with Crippen molar-refractivity contribution in [2.75, 3.05) is 0 Å². The van der Waals surface area contributed by atoms with Gasteiger partial charge in [-0.3, -0.25) is 4.79 Å². The fourth-order valence-electron chi connectivity index (χ4n) is 1.97. The van der Waals surface area contributed by atoms with Crippen LogP contribution in [0.1, 0.15) is 17.1 Å². The van der Waals surface area contributed by atoms with Gasteiger partial charge >= 0.3 is 5.97 Å². The van der Waals surface area contributed by atoms with Gasteiger partial charge in [0.25, 0.3) is 0 Å². The summed E-state index contributed by atoms with van der Waals surface area (Å²) in [6.07, 6.45) is 0.285. The maximum Gasteiger partial charge on any atom is 0.320 e. The van der Waals surface area contributed by atoms with Crippen molar-refractivity contribution in [3.8, 4) is 0 Å². The molecule has 0 aliphatic rings. The molecule has 5 heteroatoms. The summed E-state index contributed by atoms with van der Waals surface area (Å²) < 4.78 is 1.96. The van der Waals surface area contributed by atoms with Crippen LogP contribution in [0, 0.1) is 13.8 Å². The lowest BCUT2D eigenvalue weighted by molar-refractivity contribution is -0.138. The summed E-state index contributed by atoms with van der Waals surface area (Å²) in [6.45, 7) is 3.83. The molecule has 0 bridgehead atoms. The molecule has 2 aromatic heterocycles. The molecule has 2 aromatic rings. The van der Waals surface area contributed by atoms with Gasteiger partial charge in [-0.05, 0) is 26.0 Å². The van der Waals surface area contributed by atoms with Gasteiger partial charge in [0.15, 0.2) is 0 Å². The van der Waals surface area contributed by atoms with Crippen LogP contribution in [0.2, 0.25) is 0 Å². The van der Waals surface area contributed by atoms with Crippen LogP contribution in [0.3, 0.4) is 0 Å². The Balaban J connectivity index is 2.53. The second kappa shape index (κ2) is 4.18. The maximum atomic E-state index is 10.8. The van der Waals surface area contributed by atoms with Gasteiger partial charge in [0.2, 0.25) is 0 Å². The number of hydrogen-bond donors (Lipinski definition) is 2. The first kappa shape index (κ1) is 11.6. The highest BCUT2D eigenvalue weighted by Gasteiger charge is 2.18. The molecule has 0 aliphatic heterocycles. The van der Waals surface area contributed by atoms with Crippen LogP contribution < -0.4 is 5.73 Å². The molecule has 0 saturated heterocycles. The van der Waals surface area contributed by atoms with Gasteiger partial charge in [0, 0.05) is 17.8 Å². The van der Waals surface area contributed by atoms with Crippen LogP contribution in [0.25, 0.3) is 5.65 Å². The Morgan fingerprint density at radius 1 is 1.53 bits per heavy atom. The summed E-state index contributed by atoms with van der Waals surface area (Å²) in [5.41, 5.74) is 9.13.